The van der Waals surface area contributed by atoms with Gasteiger partial charge in [-0.15, -0.1) is 0 Å². The first-order chi connectivity index (χ1) is 14.0. The molecule has 4 rings (SSSR count). The predicted octanol–water partition coefficient (Wildman–Crippen LogP) is 3.04. The lowest BCUT2D eigenvalue weighted by molar-refractivity contribution is -0.124. The van der Waals surface area contributed by atoms with E-state index in [4.69, 9.17) is 0 Å². The molecule has 0 saturated carbocycles. The van der Waals surface area contributed by atoms with Gasteiger partial charge in [-0.25, -0.2) is 4.79 Å². The van der Waals surface area contributed by atoms with Crippen molar-refractivity contribution in [1.29, 1.82) is 0 Å². The summed E-state index contributed by atoms with van der Waals surface area (Å²) in [6.45, 7) is 1.73. The molecule has 1 aliphatic heterocycles. The Hall–Kier alpha value is -3.32. The fraction of sp³-hybridized carbons (Fsp3) is 0.136. The molecule has 2 heterocycles. The van der Waals surface area contributed by atoms with Gasteiger partial charge in [0.25, 0.3) is 11.5 Å². The second-order valence-corrected chi connectivity index (χ2v) is 8.02. The number of pyridine rings is 1. The van der Waals surface area contributed by atoms with Crippen molar-refractivity contribution in [3.05, 3.63) is 94.4 Å². The lowest BCUT2D eigenvalue weighted by Gasteiger charge is -2.27. The van der Waals surface area contributed by atoms with Crippen LogP contribution in [0.3, 0.4) is 0 Å². The molecule has 7 heteroatoms. The Morgan fingerprint density at radius 3 is 2.24 bits per heavy atom. The third kappa shape index (κ3) is 3.69. The largest absolute Gasteiger partial charge is 0.322 e. The number of hydrogen-bond acceptors (Lipinski definition) is 4. The second kappa shape index (κ2) is 7.60. The maximum absolute atomic E-state index is 12.8. The van der Waals surface area contributed by atoms with E-state index in [1.807, 2.05) is 54.6 Å². The zero-order valence-electron chi connectivity index (χ0n) is 15.7. The van der Waals surface area contributed by atoms with Crippen LogP contribution in [0.1, 0.15) is 11.1 Å². The summed E-state index contributed by atoms with van der Waals surface area (Å²) in [7, 11) is 0. The molecule has 2 N–H and O–H groups in total. The first kappa shape index (κ1) is 19.0. The molecule has 29 heavy (non-hydrogen) atoms. The van der Waals surface area contributed by atoms with Crippen LogP contribution in [0.2, 0.25) is 0 Å². The van der Waals surface area contributed by atoms with E-state index in [1.165, 1.54) is 4.57 Å². The smallest absolute Gasteiger partial charge is 0.318 e. The minimum Gasteiger partial charge on any atom is -0.318 e. The molecule has 1 fully saturated rings. The highest BCUT2D eigenvalue weighted by Crippen LogP contribution is 2.31. The molecular weight excluding hydrogens is 386 g/mol. The van der Waals surface area contributed by atoms with Crippen LogP contribution < -0.4 is 16.2 Å². The number of amides is 3. The summed E-state index contributed by atoms with van der Waals surface area (Å²) in [6, 6.07) is 20.3. The first-order valence-corrected chi connectivity index (χ1v) is 9.93. The third-order valence-electron chi connectivity index (χ3n) is 4.89. The van der Waals surface area contributed by atoms with E-state index in [1.54, 1.807) is 37.0 Å². The van der Waals surface area contributed by atoms with Crippen molar-refractivity contribution in [3.63, 3.8) is 0 Å². The molecule has 1 unspecified atom stereocenters. The number of urea groups is 1. The number of benzene rings is 2. The van der Waals surface area contributed by atoms with E-state index in [2.05, 4.69) is 10.6 Å². The topological polar surface area (TPSA) is 80.2 Å². The summed E-state index contributed by atoms with van der Waals surface area (Å²) in [6.07, 6.45) is 1.62. The van der Waals surface area contributed by atoms with Crippen LogP contribution in [0.4, 0.5) is 4.79 Å². The summed E-state index contributed by atoms with van der Waals surface area (Å²) in [5.74, 6) is -0.473. The number of aromatic nitrogens is 1. The molecule has 0 radical (unpaired) electrons. The Morgan fingerprint density at radius 2 is 1.59 bits per heavy atom. The summed E-state index contributed by atoms with van der Waals surface area (Å²) in [4.78, 5) is 39.3. The average molecular weight is 405 g/mol. The van der Waals surface area contributed by atoms with Crippen molar-refractivity contribution in [1.82, 2.24) is 15.2 Å². The van der Waals surface area contributed by atoms with Crippen molar-refractivity contribution in [2.45, 2.75) is 28.8 Å². The monoisotopic (exact) mass is 405 g/mol. The molecule has 0 bridgehead atoms. The van der Waals surface area contributed by atoms with Gasteiger partial charge in [-0.05, 0) is 42.8 Å². The first-order valence-electron chi connectivity index (χ1n) is 9.11. The van der Waals surface area contributed by atoms with Gasteiger partial charge in [-0.2, -0.15) is 0 Å². The van der Waals surface area contributed by atoms with E-state index in [0.717, 1.165) is 9.79 Å². The highest BCUT2D eigenvalue weighted by molar-refractivity contribution is 7.99. The highest BCUT2D eigenvalue weighted by Gasteiger charge is 2.48. The molecule has 1 saturated heterocycles. The van der Waals surface area contributed by atoms with Crippen LogP contribution >= 0.6 is 11.8 Å². The van der Waals surface area contributed by atoms with Gasteiger partial charge in [0.1, 0.15) is 0 Å². The van der Waals surface area contributed by atoms with Crippen molar-refractivity contribution in [3.8, 4) is 0 Å². The highest BCUT2D eigenvalue weighted by atomic mass is 32.2. The lowest BCUT2D eigenvalue weighted by Crippen LogP contribution is -2.49. The SMILES string of the molecule is Cc1cccn(CC2(c3ccc(Sc4ccccc4)cc3)NC(=O)NC2=O)c1=O. The average Bonchev–Trinajstić information content (AvgIpc) is 3.01. The minimum atomic E-state index is -1.34. The number of carbonyl (C=O) groups is 2. The molecule has 1 aromatic heterocycles. The molecule has 0 spiro atoms. The van der Waals surface area contributed by atoms with Crippen molar-refractivity contribution < 1.29 is 9.59 Å². The predicted molar refractivity (Wildman–Crippen MR) is 111 cm³/mol. The molecular formula is C22H19N3O3S. The molecule has 0 aliphatic carbocycles. The van der Waals surface area contributed by atoms with E-state index in [9.17, 15) is 14.4 Å². The quantitative estimate of drug-likeness (QED) is 0.640. The van der Waals surface area contributed by atoms with Crippen LogP contribution in [0.25, 0.3) is 0 Å². The summed E-state index contributed by atoms with van der Waals surface area (Å²) >= 11 is 1.60. The van der Waals surface area contributed by atoms with E-state index in [0.29, 0.717) is 11.1 Å². The molecule has 146 valence electrons. The summed E-state index contributed by atoms with van der Waals surface area (Å²) < 4.78 is 1.45. The molecule has 3 amide bonds. The Bertz CT molecular complexity index is 1130. The van der Waals surface area contributed by atoms with Gasteiger partial charge in [0, 0.05) is 21.6 Å². The van der Waals surface area contributed by atoms with Crippen molar-refractivity contribution in [2.24, 2.45) is 0 Å². The maximum atomic E-state index is 12.8. The number of nitrogens with zero attached hydrogens (tertiary/aromatic N) is 1. The minimum absolute atomic E-state index is 0.0102. The summed E-state index contributed by atoms with van der Waals surface area (Å²) in [5.41, 5.74) is -0.351. The zero-order valence-corrected chi connectivity index (χ0v) is 16.5. The van der Waals surface area contributed by atoms with Gasteiger partial charge >= 0.3 is 6.03 Å². The fourth-order valence-electron chi connectivity index (χ4n) is 3.37. The van der Waals surface area contributed by atoms with Crippen LogP contribution in [0.5, 0.6) is 0 Å². The Kier molecular flexibility index (Phi) is 4.98. The summed E-state index contributed by atoms with van der Waals surface area (Å²) in [5, 5.41) is 5.04. The molecule has 1 aliphatic rings. The number of aryl methyl sites for hydroxylation is 1. The second-order valence-electron chi connectivity index (χ2n) is 6.88. The van der Waals surface area contributed by atoms with E-state index >= 15 is 0 Å². The standard InChI is InChI=1S/C22H19N3O3S/c1-15-6-5-13-25(19(15)26)14-22(20(27)23-21(28)24-22)16-9-11-18(12-10-16)29-17-7-3-2-4-8-17/h2-13H,14H2,1H3,(H2,23,24,27,28). The Balaban J connectivity index is 1.69. The maximum Gasteiger partial charge on any atom is 0.322 e. The zero-order chi connectivity index (χ0) is 20.4. The van der Waals surface area contributed by atoms with Crippen LogP contribution in [-0.4, -0.2) is 16.5 Å². The van der Waals surface area contributed by atoms with Crippen LogP contribution in [0, 0.1) is 6.92 Å². The molecule has 6 nitrogen and oxygen atoms in total. The van der Waals surface area contributed by atoms with Gasteiger partial charge in [-0.1, -0.05) is 48.2 Å². The van der Waals surface area contributed by atoms with Gasteiger partial charge in [0.05, 0.1) is 6.54 Å². The van der Waals surface area contributed by atoms with Crippen molar-refractivity contribution in [2.75, 3.05) is 0 Å². The Labute approximate surface area is 172 Å². The van der Waals surface area contributed by atoms with E-state index < -0.39 is 17.5 Å². The number of rotatable bonds is 5. The van der Waals surface area contributed by atoms with Gasteiger partial charge in [0.15, 0.2) is 5.54 Å². The number of imide groups is 1. The van der Waals surface area contributed by atoms with Crippen LogP contribution in [0.15, 0.2) is 87.5 Å². The Morgan fingerprint density at radius 1 is 0.897 bits per heavy atom. The van der Waals surface area contributed by atoms with E-state index in [-0.39, 0.29) is 12.1 Å². The molecule has 1 atom stereocenters. The van der Waals surface area contributed by atoms with Gasteiger partial charge in [-0.3, -0.25) is 14.9 Å². The van der Waals surface area contributed by atoms with Crippen molar-refractivity contribution >= 4 is 23.7 Å². The third-order valence-corrected chi connectivity index (χ3v) is 5.90. The number of hydrogen-bond donors (Lipinski definition) is 2. The normalized spacial score (nSPS) is 18.4. The number of nitrogens with one attached hydrogen (secondary N) is 2. The fourth-order valence-corrected chi connectivity index (χ4v) is 4.20. The molecule has 3 aromatic rings. The van der Waals surface area contributed by atoms with Gasteiger partial charge < -0.3 is 9.88 Å². The van der Waals surface area contributed by atoms with Crippen LogP contribution in [-0.2, 0) is 16.9 Å². The van der Waals surface area contributed by atoms with Gasteiger partial charge in [0.2, 0.25) is 0 Å². The lowest BCUT2D eigenvalue weighted by atomic mass is 9.89. The number of carbonyl (C=O) groups excluding carboxylic acids is 2. The molecule has 2 aromatic carbocycles.